The molecule has 0 unspecified atom stereocenters. The number of furan rings is 1. The summed E-state index contributed by atoms with van der Waals surface area (Å²) in [5.41, 5.74) is 0.454. The molecule has 2 aromatic heterocycles. The van der Waals surface area contributed by atoms with Crippen molar-refractivity contribution in [2.45, 2.75) is 19.6 Å². The molecule has 2 aromatic rings. The Kier molecular flexibility index (Phi) is 4.35. The van der Waals surface area contributed by atoms with Gasteiger partial charge in [0.05, 0.1) is 18.4 Å². The highest BCUT2D eigenvalue weighted by Gasteiger charge is 2.18. The standard InChI is InChI=1S/C13H13NO4S/c1-9(18-13(16)10-4-6-19-8-10)12(15)14-7-11-3-2-5-17-11/h2-6,8-9H,7H2,1H3,(H,14,15)/t9-/m0/s1. The minimum Gasteiger partial charge on any atom is -0.467 e. The molecule has 0 fully saturated rings. The van der Waals surface area contributed by atoms with E-state index < -0.39 is 12.1 Å². The molecule has 2 rings (SSSR count). The summed E-state index contributed by atoms with van der Waals surface area (Å²) in [7, 11) is 0. The molecule has 1 amide bonds. The average Bonchev–Trinajstić information content (AvgIpc) is 3.08. The number of ether oxygens (including phenoxy) is 1. The van der Waals surface area contributed by atoms with Crippen LogP contribution in [0.1, 0.15) is 23.0 Å². The Labute approximate surface area is 114 Å². The second-order valence-corrected chi connectivity index (χ2v) is 4.64. The van der Waals surface area contributed by atoms with Gasteiger partial charge < -0.3 is 14.5 Å². The van der Waals surface area contributed by atoms with E-state index in [4.69, 9.17) is 9.15 Å². The van der Waals surface area contributed by atoms with Crippen LogP contribution in [0.4, 0.5) is 0 Å². The van der Waals surface area contributed by atoms with E-state index in [9.17, 15) is 9.59 Å². The summed E-state index contributed by atoms with van der Waals surface area (Å²) in [4.78, 5) is 23.4. The van der Waals surface area contributed by atoms with Crippen LogP contribution in [0.3, 0.4) is 0 Å². The van der Waals surface area contributed by atoms with Gasteiger partial charge in [-0.05, 0) is 30.5 Å². The number of carbonyl (C=O) groups is 2. The molecule has 100 valence electrons. The van der Waals surface area contributed by atoms with Gasteiger partial charge >= 0.3 is 5.97 Å². The van der Waals surface area contributed by atoms with Crippen molar-refractivity contribution in [2.75, 3.05) is 0 Å². The summed E-state index contributed by atoms with van der Waals surface area (Å²) in [6.45, 7) is 1.80. The van der Waals surface area contributed by atoms with Crippen LogP contribution < -0.4 is 5.32 Å². The summed E-state index contributed by atoms with van der Waals surface area (Å²) in [5, 5.41) is 6.08. The maximum atomic E-state index is 11.7. The minimum absolute atomic E-state index is 0.270. The zero-order valence-corrected chi connectivity index (χ0v) is 11.1. The van der Waals surface area contributed by atoms with Crippen molar-refractivity contribution < 1.29 is 18.7 Å². The number of rotatable bonds is 5. The normalized spacial score (nSPS) is 11.8. The Morgan fingerprint density at radius 2 is 2.32 bits per heavy atom. The molecule has 0 bridgehead atoms. The minimum atomic E-state index is -0.845. The van der Waals surface area contributed by atoms with Crippen molar-refractivity contribution in [3.05, 3.63) is 46.5 Å². The summed E-state index contributed by atoms with van der Waals surface area (Å²) in [6.07, 6.45) is 0.684. The third-order valence-electron chi connectivity index (χ3n) is 2.43. The first-order valence-electron chi connectivity index (χ1n) is 5.70. The van der Waals surface area contributed by atoms with Crippen LogP contribution in [-0.4, -0.2) is 18.0 Å². The Morgan fingerprint density at radius 3 is 2.95 bits per heavy atom. The summed E-state index contributed by atoms with van der Waals surface area (Å²) in [5.74, 6) is -0.216. The Bertz CT molecular complexity index is 533. The topological polar surface area (TPSA) is 68.5 Å². The number of thiophene rings is 1. The van der Waals surface area contributed by atoms with Crippen molar-refractivity contribution in [2.24, 2.45) is 0 Å². The number of amides is 1. The monoisotopic (exact) mass is 279 g/mol. The van der Waals surface area contributed by atoms with Crippen LogP contribution in [0.25, 0.3) is 0 Å². The van der Waals surface area contributed by atoms with Crippen LogP contribution in [0.2, 0.25) is 0 Å². The van der Waals surface area contributed by atoms with Crippen LogP contribution in [0.15, 0.2) is 39.6 Å². The van der Waals surface area contributed by atoms with E-state index in [-0.39, 0.29) is 12.5 Å². The Balaban J connectivity index is 1.80. The van der Waals surface area contributed by atoms with Gasteiger partial charge in [-0.15, -0.1) is 0 Å². The molecular formula is C13H13NO4S. The van der Waals surface area contributed by atoms with E-state index in [2.05, 4.69) is 5.32 Å². The smallest absolute Gasteiger partial charge is 0.339 e. The largest absolute Gasteiger partial charge is 0.467 e. The van der Waals surface area contributed by atoms with Gasteiger partial charge in [-0.3, -0.25) is 4.79 Å². The molecule has 19 heavy (non-hydrogen) atoms. The van der Waals surface area contributed by atoms with Crippen LogP contribution in [0, 0.1) is 0 Å². The lowest BCUT2D eigenvalue weighted by Gasteiger charge is -2.12. The van der Waals surface area contributed by atoms with Crippen LogP contribution in [-0.2, 0) is 16.1 Å². The molecule has 0 aromatic carbocycles. The third kappa shape index (κ3) is 3.69. The highest BCUT2D eigenvalue weighted by Crippen LogP contribution is 2.09. The van der Waals surface area contributed by atoms with Gasteiger partial charge in [-0.25, -0.2) is 4.79 Å². The van der Waals surface area contributed by atoms with Gasteiger partial charge in [0.2, 0.25) is 0 Å². The molecule has 0 saturated heterocycles. The quantitative estimate of drug-likeness (QED) is 0.852. The van der Waals surface area contributed by atoms with Gasteiger partial charge in [-0.2, -0.15) is 11.3 Å². The van der Waals surface area contributed by atoms with Gasteiger partial charge in [0.1, 0.15) is 5.76 Å². The van der Waals surface area contributed by atoms with E-state index in [1.165, 1.54) is 24.5 Å². The number of esters is 1. The van der Waals surface area contributed by atoms with Crippen molar-refractivity contribution in [1.82, 2.24) is 5.32 Å². The van der Waals surface area contributed by atoms with E-state index in [1.807, 2.05) is 0 Å². The van der Waals surface area contributed by atoms with Crippen molar-refractivity contribution in [3.63, 3.8) is 0 Å². The fraction of sp³-hybridized carbons (Fsp3) is 0.231. The molecule has 2 heterocycles. The van der Waals surface area contributed by atoms with E-state index in [1.54, 1.807) is 29.0 Å². The van der Waals surface area contributed by atoms with Crippen LogP contribution >= 0.6 is 11.3 Å². The van der Waals surface area contributed by atoms with E-state index in [0.29, 0.717) is 11.3 Å². The van der Waals surface area contributed by atoms with Crippen molar-refractivity contribution in [3.8, 4) is 0 Å². The zero-order chi connectivity index (χ0) is 13.7. The van der Waals surface area contributed by atoms with Gasteiger partial charge in [0, 0.05) is 5.38 Å². The first-order chi connectivity index (χ1) is 9.16. The molecule has 0 aliphatic carbocycles. The van der Waals surface area contributed by atoms with Gasteiger partial charge in [0.15, 0.2) is 6.10 Å². The van der Waals surface area contributed by atoms with E-state index >= 15 is 0 Å². The molecule has 0 saturated carbocycles. The highest BCUT2D eigenvalue weighted by atomic mass is 32.1. The number of nitrogens with one attached hydrogen (secondary N) is 1. The molecule has 0 aliphatic rings. The maximum Gasteiger partial charge on any atom is 0.339 e. The first kappa shape index (κ1) is 13.4. The van der Waals surface area contributed by atoms with Gasteiger partial charge in [-0.1, -0.05) is 0 Å². The number of carbonyl (C=O) groups excluding carboxylic acids is 2. The SMILES string of the molecule is C[C@H](OC(=O)c1ccsc1)C(=O)NCc1ccco1. The maximum absolute atomic E-state index is 11.7. The average molecular weight is 279 g/mol. The lowest BCUT2D eigenvalue weighted by molar-refractivity contribution is -0.129. The van der Waals surface area contributed by atoms with Crippen molar-refractivity contribution in [1.29, 1.82) is 0 Å². The predicted molar refractivity (Wildman–Crippen MR) is 69.8 cm³/mol. The van der Waals surface area contributed by atoms with Gasteiger partial charge in [0.25, 0.3) is 5.91 Å². The zero-order valence-electron chi connectivity index (χ0n) is 10.3. The molecule has 1 atom stereocenters. The fourth-order valence-electron chi connectivity index (χ4n) is 1.39. The number of hydrogen-bond donors (Lipinski definition) is 1. The second-order valence-electron chi connectivity index (χ2n) is 3.86. The lowest BCUT2D eigenvalue weighted by Crippen LogP contribution is -2.35. The molecule has 1 N–H and O–H groups in total. The molecule has 0 radical (unpaired) electrons. The van der Waals surface area contributed by atoms with E-state index in [0.717, 1.165) is 0 Å². The number of hydrogen-bond acceptors (Lipinski definition) is 5. The lowest BCUT2D eigenvalue weighted by atomic mass is 10.3. The summed E-state index contributed by atoms with van der Waals surface area (Å²) < 4.78 is 10.1. The highest BCUT2D eigenvalue weighted by molar-refractivity contribution is 7.08. The summed E-state index contributed by atoms with van der Waals surface area (Å²) >= 11 is 1.40. The predicted octanol–water partition coefficient (Wildman–Crippen LogP) is 2.20. The molecule has 5 nitrogen and oxygen atoms in total. The Hall–Kier alpha value is -2.08. The molecule has 0 spiro atoms. The molecule has 0 aliphatic heterocycles. The third-order valence-corrected chi connectivity index (χ3v) is 3.11. The first-order valence-corrected chi connectivity index (χ1v) is 6.64. The van der Waals surface area contributed by atoms with Crippen molar-refractivity contribution >= 4 is 23.2 Å². The van der Waals surface area contributed by atoms with Crippen LogP contribution in [0.5, 0.6) is 0 Å². The Morgan fingerprint density at radius 1 is 1.47 bits per heavy atom. The molecule has 6 heteroatoms. The second kappa shape index (κ2) is 6.19. The summed E-state index contributed by atoms with van der Waals surface area (Å²) in [6, 6.07) is 5.14. The fourth-order valence-corrected chi connectivity index (χ4v) is 2.02. The molecular weight excluding hydrogens is 266 g/mol.